The lowest BCUT2D eigenvalue weighted by Crippen LogP contribution is -2.07. The molecule has 12 aromatic rings. The number of fused-ring (bicyclic) bond motifs is 6. The van der Waals surface area contributed by atoms with Crippen molar-refractivity contribution in [1.29, 1.82) is 5.26 Å². The molecular formula is C58H36N6. The van der Waals surface area contributed by atoms with Gasteiger partial charge in [-0.25, -0.2) is 15.0 Å². The second-order valence-corrected chi connectivity index (χ2v) is 15.9. The fraction of sp³-hybridized carbons (Fsp3) is 0. The smallest absolute Gasteiger partial charge is 0.164 e. The third-order valence-electron chi connectivity index (χ3n) is 12.2. The van der Waals surface area contributed by atoms with E-state index in [4.69, 9.17) is 15.0 Å². The van der Waals surface area contributed by atoms with Gasteiger partial charge in [-0.1, -0.05) is 182 Å². The Morgan fingerprint density at radius 2 is 0.641 bits per heavy atom. The van der Waals surface area contributed by atoms with Crippen LogP contribution < -0.4 is 0 Å². The Morgan fingerprint density at radius 1 is 0.297 bits per heavy atom. The Bertz CT molecular complexity index is 3540. The molecular weight excluding hydrogens is 781 g/mol. The standard InChI is InChI=1S/C58H36N6/c59-37-49-54(63-50-27-15-13-25-45(50)47-31-29-42(33-52(47)63)38-17-5-1-6-18-38)35-44(58-61-56(40-21-9-3-10-22-40)60-57(62-58)41-23-11-4-12-24-41)36-55(49)64-51-28-16-14-26-46(51)48-32-30-43(34-53(48)64)39-19-7-2-8-20-39/h1-36H. The molecule has 0 radical (unpaired) electrons. The van der Waals surface area contributed by atoms with Crippen LogP contribution in [-0.2, 0) is 0 Å². The molecule has 0 unspecified atom stereocenters. The van der Waals surface area contributed by atoms with Gasteiger partial charge in [0.2, 0.25) is 0 Å². The Kier molecular flexibility index (Phi) is 8.77. The summed E-state index contributed by atoms with van der Waals surface area (Å²) in [6.07, 6.45) is 0. The SMILES string of the molecule is N#Cc1c(-n2c3ccccc3c3ccc(-c4ccccc4)cc32)cc(-c2nc(-c3ccccc3)nc(-c3ccccc3)n2)cc1-n1c2ccccc2c2ccc(-c3ccccc3)cc21. The highest BCUT2D eigenvalue weighted by Gasteiger charge is 2.24. The summed E-state index contributed by atoms with van der Waals surface area (Å²) in [6.45, 7) is 0. The molecule has 6 nitrogen and oxygen atoms in total. The predicted octanol–water partition coefficient (Wildman–Crippen LogP) is 14.3. The molecule has 0 atom stereocenters. The van der Waals surface area contributed by atoms with E-state index < -0.39 is 0 Å². The van der Waals surface area contributed by atoms with Crippen molar-refractivity contribution in [3.8, 4) is 73.9 Å². The number of aromatic nitrogens is 5. The first-order valence-corrected chi connectivity index (χ1v) is 21.3. The van der Waals surface area contributed by atoms with Crippen molar-refractivity contribution in [1.82, 2.24) is 24.1 Å². The van der Waals surface area contributed by atoms with Crippen molar-refractivity contribution in [3.05, 3.63) is 224 Å². The molecule has 0 saturated carbocycles. The Hall–Kier alpha value is -8.92. The number of nitrogens with zero attached hydrogens (tertiary/aromatic N) is 6. The van der Waals surface area contributed by atoms with Gasteiger partial charge in [-0.15, -0.1) is 0 Å². The zero-order chi connectivity index (χ0) is 42.6. The predicted molar refractivity (Wildman–Crippen MR) is 260 cm³/mol. The van der Waals surface area contributed by atoms with Crippen LogP contribution in [0, 0.1) is 11.3 Å². The van der Waals surface area contributed by atoms with Gasteiger partial charge in [0.15, 0.2) is 17.5 Å². The van der Waals surface area contributed by atoms with Crippen LogP contribution in [0.25, 0.3) is 111 Å². The lowest BCUT2D eigenvalue weighted by atomic mass is 10.0. The van der Waals surface area contributed by atoms with Gasteiger partial charge in [-0.3, -0.25) is 0 Å². The highest BCUT2D eigenvalue weighted by Crippen LogP contribution is 2.42. The van der Waals surface area contributed by atoms with E-state index in [0.29, 0.717) is 23.0 Å². The molecule has 3 heterocycles. The lowest BCUT2D eigenvalue weighted by Gasteiger charge is -2.18. The molecule has 0 bridgehead atoms. The summed E-state index contributed by atoms with van der Waals surface area (Å²) in [4.78, 5) is 15.5. The second-order valence-electron chi connectivity index (χ2n) is 15.9. The average Bonchev–Trinajstić information content (AvgIpc) is 3.89. The number of nitriles is 1. The van der Waals surface area contributed by atoms with E-state index in [-0.39, 0.29) is 0 Å². The van der Waals surface area contributed by atoms with Crippen molar-refractivity contribution in [2.24, 2.45) is 0 Å². The Balaban J connectivity index is 1.22. The minimum Gasteiger partial charge on any atom is -0.308 e. The fourth-order valence-corrected chi connectivity index (χ4v) is 9.23. The third-order valence-corrected chi connectivity index (χ3v) is 12.2. The molecule has 3 aromatic heterocycles. The highest BCUT2D eigenvalue weighted by atomic mass is 15.1. The molecule has 0 aliphatic carbocycles. The first-order chi connectivity index (χ1) is 31.7. The molecule has 9 aromatic carbocycles. The topological polar surface area (TPSA) is 72.3 Å². The van der Waals surface area contributed by atoms with Gasteiger partial charge in [0.1, 0.15) is 11.6 Å². The van der Waals surface area contributed by atoms with Gasteiger partial charge < -0.3 is 9.13 Å². The van der Waals surface area contributed by atoms with Gasteiger partial charge in [0.05, 0.1) is 33.4 Å². The summed E-state index contributed by atoms with van der Waals surface area (Å²) >= 11 is 0. The molecule has 0 fully saturated rings. The maximum absolute atomic E-state index is 11.7. The monoisotopic (exact) mass is 816 g/mol. The fourth-order valence-electron chi connectivity index (χ4n) is 9.23. The molecule has 298 valence electrons. The van der Waals surface area contributed by atoms with Crippen molar-refractivity contribution >= 4 is 43.6 Å². The number of hydrogen-bond acceptors (Lipinski definition) is 4. The Morgan fingerprint density at radius 3 is 1.05 bits per heavy atom. The summed E-state index contributed by atoms with van der Waals surface area (Å²) in [5.41, 5.74) is 12.8. The number of hydrogen-bond donors (Lipinski definition) is 0. The molecule has 6 heteroatoms. The molecule has 0 aliphatic heterocycles. The van der Waals surface area contributed by atoms with E-state index in [2.05, 4.69) is 161 Å². The van der Waals surface area contributed by atoms with E-state index in [1.54, 1.807) is 0 Å². The second kappa shape index (κ2) is 15.2. The van der Waals surface area contributed by atoms with E-state index in [9.17, 15) is 5.26 Å². The van der Waals surface area contributed by atoms with Crippen molar-refractivity contribution in [2.45, 2.75) is 0 Å². The van der Waals surface area contributed by atoms with E-state index in [1.807, 2.05) is 72.8 Å². The third kappa shape index (κ3) is 6.14. The first kappa shape index (κ1) is 36.9. The van der Waals surface area contributed by atoms with Crippen molar-refractivity contribution in [2.75, 3.05) is 0 Å². The maximum atomic E-state index is 11.7. The van der Waals surface area contributed by atoms with Gasteiger partial charge in [0.25, 0.3) is 0 Å². The lowest BCUT2D eigenvalue weighted by molar-refractivity contribution is 1.06. The number of benzene rings is 9. The minimum atomic E-state index is 0.496. The molecule has 64 heavy (non-hydrogen) atoms. The van der Waals surface area contributed by atoms with Crippen molar-refractivity contribution in [3.63, 3.8) is 0 Å². The molecule has 0 spiro atoms. The van der Waals surface area contributed by atoms with E-state index >= 15 is 0 Å². The number of rotatable bonds is 7. The molecule has 0 aliphatic rings. The largest absolute Gasteiger partial charge is 0.308 e. The summed E-state index contributed by atoms with van der Waals surface area (Å²) in [7, 11) is 0. The molecule has 0 saturated heterocycles. The minimum absolute atomic E-state index is 0.496. The van der Waals surface area contributed by atoms with Crippen LogP contribution in [0.3, 0.4) is 0 Å². The molecule has 12 rings (SSSR count). The molecule has 0 N–H and O–H groups in total. The van der Waals surface area contributed by atoms with Gasteiger partial charge in [0, 0.05) is 38.2 Å². The van der Waals surface area contributed by atoms with Gasteiger partial charge in [-0.2, -0.15) is 5.26 Å². The van der Waals surface area contributed by atoms with Crippen molar-refractivity contribution < 1.29 is 0 Å². The van der Waals surface area contributed by atoms with E-state index in [1.165, 1.54) is 0 Å². The van der Waals surface area contributed by atoms with Crippen LogP contribution in [0.5, 0.6) is 0 Å². The van der Waals surface area contributed by atoms with Crippen LogP contribution in [-0.4, -0.2) is 24.1 Å². The van der Waals surface area contributed by atoms with Crippen LogP contribution in [0.15, 0.2) is 218 Å². The maximum Gasteiger partial charge on any atom is 0.164 e. The summed E-state index contributed by atoms with van der Waals surface area (Å²) in [5, 5.41) is 16.0. The summed E-state index contributed by atoms with van der Waals surface area (Å²) in [6, 6.07) is 78.0. The Labute approximate surface area is 369 Å². The molecule has 0 amide bonds. The van der Waals surface area contributed by atoms with Gasteiger partial charge >= 0.3 is 0 Å². The highest BCUT2D eigenvalue weighted by molar-refractivity contribution is 6.12. The van der Waals surface area contributed by atoms with Crippen LogP contribution in [0.4, 0.5) is 0 Å². The number of para-hydroxylation sites is 2. The summed E-state index contributed by atoms with van der Waals surface area (Å²) < 4.78 is 4.51. The quantitative estimate of drug-likeness (QED) is 0.161. The average molecular weight is 817 g/mol. The van der Waals surface area contributed by atoms with Crippen LogP contribution >= 0.6 is 0 Å². The zero-order valence-electron chi connectivity index (χ0n) is 34.5. The van der Waals surface area contributed by atoms with Gasteiger partial charge in [-0.05, 0) is 58.7 Å². The first-order valence-electron chi connectivity index (χ1n) is 21.3. The van der Waals surface area contributed by atoms with Crippen LogP contribution in [0.1, 0.15) is 5.56 Å². The normalized spacial score (nSPS) is 11.4. The summed E-state index contributed by atoms with van der Waals surface area (Å²) in [5.74, 6) is 1.62. The van der Waals surface area contributed by atoms with Crippen LogP contribution in [0.2, 0.25) is 0 Å². The zero-order valence-corrected chi connectivity index (χ0v) is 34.5. The van der Waals surface area contributed by atoms with E-state index in [0.717, 1.165) is 93.9 Å².